The van der Waals surface area contributed by atoms with Gasteiger partial charge in [-0.1, -0.05) is 26.0 Å². The number of hydrogen-bond acceptors (Lipinski definition) is 4. The minimum atomic E-state index is -0.529. The second-order valence-electron chi connectivity index (χ2n) is 5.55. The van der Waals surface area contributed by atoms with Crippen molar-refractivity contribution in [3.63, 3.8) is 0 Å². The van der Waals surface area contributed by atoms with E-state index in [1.54, 1.807) is 30.5 Å². The summed E-state index contributed by atoms with van der Waals surface area (Å²) in [7, 11) is 0. The van der Waals surface area contributed by atoms with Crippen molar-refractivity contribution in [1.29, 1.82) is 0 Å². The van der Waals surface area contributed by atoms with E-state index in [0.29, 0.717) is 18.2 Å². The minimum absolute atomic E-state index is 0.0789. The second-order valence-corrected chi connectivity index (χ2v) is 5.55. The van der Waals surface area contributed by atoms with E-state index in [-0.39, 0.29) is 17.6 Å². The highest BCUT2D eigenvalue weighted by molar-refractivity contribution is 5.81. The SMILES string of the molecule is CC(C)[C@H](N)C(=O)NCc1ccc(Oc2cccc(F)c2)nc1. The fourth-order valence-electron chi connectivity index (χ4n) is 1.84. The number of carbonyl (C=O) groups excluding carboxylic acids is 1. The monoisotopic (exact) mass is 317 g/mol. The van der Waals surface area contributed by atoms with Crippen molar-refractivity contribution in [1.82, 2.24) is 10.3 Å². The smallest absolute Gasteiger partial charge is 0.237 e. The number of rotatable bonds is 6. The Labute approximate surface area is 134 Å². The van der Waals surface area contributed by atoms with Gasteiger partial charge in [-0.2, -0.15) is 0 Å². The molecule has 1 amide bonds. The highest BCUT2D eigenvalue weighted by atomic mass is 19.1. The molecule has 1 aromatic heterocycles. The molecule has 0 aliphatic rings. The minimum Gasteiger partial charge on any atom is -0.439 e. The maximum Gasteiger partial charge on any atom is 0.237 e. The average Bonchev–Trinajstić information content (AvgIpc) is 2.53. The van der Waals surface area contributed by atoms with Crippen LogP contribution in [0.2, 0.25) is 0 Å². The van der Waals surface area contributed by atoms with Gasteiger partial charge >= 0.3 is 0 Å². The van der Waals surface area contributed by atoms with Crippen molar-refractivity contribution in [3.8, 4) is 11.6 Å². The van der Waals surface area contributed by atoms with Crippen LogP contribution in [0.5, 0.6) is 11.6 Å². The predicted octanol–water partition coefficient (Wildman–Crippen LogP) is 2.61. The van der Waals surface area contributed by atoms with Crippen molar-refractivity contribution in [2.75, 3.05) is 0 Å². The maximum atomic E-state index is 13.1. The van der Waals surface area contributed by atoms with E-state index < -0.39 is 6.04 Å². The molecule has 2 rings (SSSR count). The summed E-state index contributed by atoms with van der Waals surface area (Å²) in [6.07, 6.45) is 1.59. The number of ether oxygens (including phenoxy) is 1. The van der Waals surface area contributed by atoms with Crippen LogP contribution in [0.1, 0.15) is 19.4 Å². The lowest BCUT2D eigenvalue weighted by Gasteiger charge is -2.15. The molecule has 2 aromatic rings. The lowest BCUT2D eigenvalue weighted by Crippen LogP contribution is -2.43. The van der Waals surface area contributed by atoms with Crippen LogP contribution in [-0.4, -0.2) is 16.9 Å². The zero-order valence-electron chi connectivity index (χ0n) is 13.1. The number of pyridine rings is 1. The Morgan fingerprint density at radius 3 is 2.74 bits per heavy atom. The van der Waals surface area contributed by atoms with Crippen LogP contribution >= 0.6 is 0 Å². The first kappa shape index (κ1) is 16.9. The molecule has 1 atom stereocenters. The maximum absolute atomic E-state index is 13.1. The van der Waals surface area contributed by atoms with E-state index in [1.807, 2.05) is 13.8 Å². The Balaban J connectivity index is 1.91. The van der Waals surface area contributed by atoms with Crippen molar-refractivity contribution < 1.29 is 13.9 Å². The Kier molecular flexibility index (Phi) is 5.65. The third kappa shape index (κ3) is 5.03. The van der Waals surface area contributed by atoms with Gasteiger partial charge in [-0.25, -0.2) is 9.37 Å². The van der Waals surface area contributed by atoms with Gasteiger partial charge in [0.05, 0.1) is 6.04 Å². The van der Waals surface area contributed by atoms with Crippen molar-refractivity contribution in [2.24, 2.45) is 11.7 Å². The number of aromatic nitrogens is 1. The molecule has 122 valence electrons. The summed E-state index contributed by atoms with van der Waals surface area (Å²) in [5.74, 6) is 0.240. The van der Waals surface area contributed by atoms with Gasteiger partial charge in [0, 0.05) is 24.9 Å². The van der Waals surface area contributed by atoms with Gasteiger partial charge in [-0.3, -0.25) is 4.79 Å². The summed E-state index contributed by atoms with van der Waals surface area (Å²) in [5.41, 5.74) is 6.59. The Morgan fingerprint density at radius 2 is 2.13 bits per heavy atom. The normalized spacial score (nSPS) is 12.0. The van der Waals surface area contributed by atoms with E-state index in [1.165, 1.54) is 12.1 Å². The molecule has 0 aliphatic heterocycles. The fourth-order valence-corrected chi connectivity index (χ4v) is 1.84. The molecule has 0 fully saturated rings. The molecule has 6 heteroatoms. The van der Waals surface area contributed by atoms with Gasteiger partial charge in [-0.05, 0) is 23.6 Å². The van der Waals surface area contributed by atoms with Crippen LogP contribution < -0.4 is 15.8 Å². The van der Waals surface area contributed by atoms with E-state index in [0.717, 1.165) is 5.56 Å². The first-order valence-corrected chi connectivity index (χ1v) is 7.37. The van der Waals surface area contributed by atoms with E-state index in [4.69, 9.17) is 10.5 Å². The van der Waals surface area contributed by atoms with Gasteiger partial charge in [0.25, 0.3) is 0 Å². The third-order valence-corrected chi connectivity index (χ3v) is 3.30. The molecule has 0 bridgehead atoms. The molecular formula is C17H20FN3O2. The van der Waals surface area contributed by atoms with E-state index in [2.05, 4.69) is 10.3 Å². The molecule has 0 unspecified atom stereocenters. The van der Waals surface area contributed by atoms with Crippen LogP contribution in [0.4, 0.5) is 4.39 Å². The Bertz CT molecular complexity index is 659. The summed E-state index contributed by atoms with van der Waals surface area (Å²) in [5, 5.41) is 2.76. The van der Waals surface area contributed by atoms with Crippen LogP contribution in [-0.2, 0) is 11.3 Å². The molecule has 1 heterocycles. The summed E-state index contributed by atoms with van der Waals surface area (Å²) >= 11 is 0. The molecule has 1 aromatic carbocycles. The molecule has 0 saturated carbocycles. The standard InChI is InChI=1S/C17H20FN3O2/c1-11(2)16(19)17(22)21-10-12-6-7-15(20-9-12)23-14-5-3-4-13(18)8-14/h3-9,11,16H,10,19H2,1-2H3,(H,21,22)/t16-/m0/s1. The lowest BCUT2D eigenvalue weighted by molar-refractivity contribution is -0.123. The summed E-state index contributed by atoms with van der Waals surface area (Å²) < 4.78 is 18.5. The molecule has 5 nitrogen and oxygen atoms in total. The van der Waals surface area contributed by atoms with Crippen molar-refractivity contribution in [2.45, 2.75) is 26.4 Å². The fraction of sp³-hybridized carbons (Fsp3) is 0.294. The molecule has 0 aliphatic carbocycles. The van der Waals surface area contributed by atoms with Crippen LogP contribution in [0.15, 0.2) is 42.6 Å². The number of nitrogens with zero attached hydrogens (tertiary/aromatic N) is 1. The molecule has 23 heavy (non-hydrogen) atoms. The van der Waals surface area contributed by atoms with Gasteiger partial charge < -0.3 is 15.8 Å². The zero-order chi connectivity index (χ0) is 16.8. The number of nitrogens with one attached hydrogen (secondary N) is 1. The highest BCUT2D eigenvalue weighted by Gasteiger charge is 2.16. The molecule has 3 N–H and O–H groups in total. The number of benzene rings is 1. The highest BCUT2D eigenvalue weighted by Crippen LogP contribution is 2.19. The molecule has 0 spiro atoms. The summed E-state index contributed by atoms with van der Waals surface area (Å²) in [6, 6.07) is 8.74. The number of hydrogen-bond donors (Lipinski definition) is 2. The number of carbonyl (C=O) groups is 1. The largest absolute Gasteiger partial charge is 0.439 e. The Hall–Kier alpha value is -2.47. The summed E-state index contributed by atoms with van der Waals surface area (Å²) in [4.78, 5) is 15.9. The number of nitrogens with two attached hydrogens (primary N) is 1. The van der Waals surface area contributed by atoms with Gasteiger partial charge in [-0.15, -0.1) is 0 Å². The molecule has 0 radical (unpaired) electrons. The first-order chi connectivity index (χ1) is 11.0. The second kappa shape index (κ2) is 7.69. The van der Waals surface area contributed by atoms with E-state index in [9.17, 15) is 9.18 Å². The zero-order valence-corrected chi connectivity index (χ0v) is 13.1. The quantitative estimate of drug-likeness (QED) is 0.858. The van der Waals surface area contributed by atoms with Crippen molar-refractivity contribution >= 4 is 5.91 Å². The predicted molar refractivity (Wildman–Crippen MR) is 85.4 cm³/mol. The number of amides is 1. The molecular weight excluding hydrogens is 297 g/mol. The Morgan fingerprint density at radius 1 is 1.35 bits per heavy atom. The average molecular weight is 317 g/mol. The van der Waals surface area contributed by atoms with Gasteiger partial charge in [0.1, 0.15) is 11.6 Å². The lowest BCUT2D eigenvalue weighted by atomic mass is 10.1. The first-order valence-electron chi connectivity index (χ1n) is 7.37. The van der Waals surface area contributed by atoms with Crippen molar-refractivity contribution in [3.05, 3.63) is 54.0 Å². The topological polar surface area (TPSA) is 77.2 Å². The number of halogens is 1. The van der Waals surface area contributed by atoms with Crippen LogP contribution in [0.25, 0.3) is 0 Å². The van der Waals surface area contributed by atoms with Crippen LogP contribution in [0, 0.1) is 11.7 Å². The third-order valence-electron chi connectivity index (χ3n) is 3.30. The summed E-state index contributed by atoms with van der Waals surface area (Å²) in [6.45, 7) is 4.13. The molecule has 0 saturated heterocycles. The van der Waals surface area contributed by atoms with Gasteiger partial charge in [0.2, 0.25) is 11.8 Å². The van der Waals surface area contributed by atoms with E-state index >= 15 is 0 Å². The van der Waals surface area contributed by atoms with Gasteiger partial charge in [0.15, 0.2) is 0 Å². The van der Waals surface area contributed by atoms with Crippen LogP contribution in [0.3, 0.4) is 0 Å².